The fraction of sp³-hybridized carbons (Fsp3) is 0.435. The van der Waals surface area contributed by atoms with Crippen molar-refractivity contribution in [3.63, 3.8) is 0 Å². The topological polar surface area (TPSA) is 35.6 Å². The highest BCUT2D eigenvalue weighted by Gasteiger charge is 2.54. The number of amides is 2. The first-order valence-corrected chi connectivity index (χ1v) is 11.0. The molecule has 1 atom stereocenters. The largest absolute Gasteiger partial charge is 0.324 e. The minimum Gasteiger partial charge on any atom is -0.324 e. The Bertz CT molecular complexity index is 878. The van der Waals surface area contributed by atoms with E-state index in [9.17, 15) is 9.18 Å². The summed E-state index contributed by atoms with van der Waals surface area (Å²) in [5, 5.41) is 2.82. The maximum Gasteiger partial charge on any atom is 0.321 e. The van der Waals surface area contributed by atoms with Crippen molar-refractivity contribution in [3.05, 3.63) is 64.4 Å². The van der Waals surface area contributed by atoms with Gasteiger partial charge < -0.3 is 10.2 Å². The Morgan fingerprint density at radius 1 is 1.17 bits per heavy atom. The summed E-state index contributed by atoms with van der Waals surface area (Å²) in [5.74, 6) is -0.346. The van der Waals surface area contributed by atoms with Gasteiger partial charge in [0.1, 0.15) is 5.82 Å². The molecule has 1 N–H and O–H groups in total. The van der Waals surface area contributed by atoms with E-state index in [4.69, 9.17) is 0 Å². The van der Waals surface area contributed by atoms with Gasteiger partial charge in [-0.25, -0.2) is 9.18 Å². The first kappa shape index (κ1) is 20.4. The Morgan fingerprint density at radius 2 is 1.86 bits per heavy atom. The van der Waals surface area contributed by atoms with Crippen LogP contribution in [0.2, 0.25) is 0 Å². The molecule has 0 aromatic heterocycles. The smallest absolute Gasteiger partial charge is 0.321 e. The summed E-state index contributed by atoms with van der Waals surface area (Å²) in [6.45, 7) is 7.02. The molecule has 1 spiro atoms. The average Bonchev–Trinajstić information content (AvgIpc) is 2.68. The summed E-state index contributed by atoms with van der Waals surface area (Å²) in [6.07, 6.45) is 1.96. The Balaban J connectivity index is 1.44. The second-order valence-corrected chi connectivity index (χ2v) is 9.43. The van der Waals surface area contributed by atoms with Crippen molar-refractivity contribution in [3.8, 4) is 0 Å². The van der Waals surface area contributed by atoms with Gasteiger partial charge >= 0.3 is 6.03 Å². The highest BCUT2D eigenvalue weighted by Crippen LogP contribution is 2.55. The number of carbonyl (C=O) groups is 1. The summed E-state index contributed by atoms with van der Waals surface area (Å²) in [4.78, 5) is 17.0. The average molecular weight is 460 g/mol. The number of piperidine rings is 1. The van der Waals surface area contributed by atoms with Crippen LogP contribution in [0.15, 0.2) is 53.0 Å². The van der Waals surface area contributed by atoms with Gasteiger partial charge in [0.2, 0.25) is 0 Å². The molecule has 0 aliphatic carbocycles. The van der Waals surface area contributed by atoms with Gasteiger partial charge in [-0.15, -0.1) is 0 Å². The molecule has 2 fully saturated rings. The third kappa shape index (κ3) is 4.05. The lowest BCUT2D eigenvalue weighted by Gasteiger charge is -2.62. The minimum atomic E-state index is -0.346. The quantitative estimate of drug-likeness (QED) is 0.641. The van der Waals surface area contributed by atoms with Gasteiger partial charge in [0.25, 0.3) is 0 Å². The van der Waals surface area contributed by atoms with E-state index in [1.54, 1.807) is 12.1 Å². The van der Waals surface area contributed by atoms with Crippen LogP contribution in [0, 0.1) is 11.2 Å². The molecule has 0 radical (unpaired) electrons. The molecule has 4 nitrogen and oxygen atoms in total. The molecule has 0 saturated carbocycles. The predicted octanol–water partition coefficient (Wildman–Crippen LogP) is 5.67. The predicted molar refractivity (Wildman–Crippen MR) is 117 cm³/mol. The number of nitrogens with one attached hydrogen (secondary N) is 1. The monoisotopic (exact) mass is 459 g/mol. The summed E-state index contributed by atoms with van der Waals surface area (Å²) >= 11 is 3.53. The first-order chi connectivity index (χ1) is 13.9. The fourth-order valence-corrected chi connectivity index (χ4v) is 5.07. The molecule has 0 bridgehead atoms. The van der Waals surface area contributed by atoms with Crippen molar-refractivity contribution in [1.29, 1.82) is 0 Å². The van der Waals surface area contributed by atoms with Gasteiger partial charge in [0.05, 0.1) is 0 Å². The van der Waals surface area contributed by atoms with Crippen LogP contribution in [0.3, 0.4) is 0 Å². The van der Waals surface area contributed by atoms with E-state index >= 15 is 0 Å². The number of benzene rings is 2. The van der Waals surface area contributed by atoms with E-state index in [2.05, 4.69) is 64.3 Å². The van der Waals surface area contributed by atoms with Crippen LogP contribution < -0.4 is 5.32 Å². The van der Waals surface area contributed by atoms with Crippen molar-refractivity contribution >= 4 is 27.6 Å². The molecule has 2 aliphatic heterocycles. The number of hydrogen-bond donors (Lipinski definition) is 1. The molecule has 6 heteroatoms. The Hall–Kier alpha value is -1.92. The molecule has 2 amide bonds. The molecule has 4 rings (SSSR count). The van der Waals surface area contributed by atoms with E-state index in [-0.39, 0.29) is 17.3 Å². The SMILES string of the molecule is CC(C)N1CC2(CCN(C(=O)Nc3cccc(F)c3)CC2)C1c1ccc(Br)cc1. The second-order valence-electron chi connectivity index (χ2n) is 8.51. The van der Waals surface area contributed by atoms with E-state index in [1.165, 1.54) is 17.7 Å². The summed E-state index contributed by atoms with van der Waals surface area (Å²) in [7, 11) is 0. The van der Waals surface area contributed by atoms with Crippen LogP contribution in [0.25, 0.3) is 0 Å². The van der Waals surface area contributed by atoms with Crippen LogP contribution in [0.5, 0.6) is 0 Å². The molecular weight excluding hydrogens is 433 g/mol. The van der Waals surface area contributed by atoms with Gasteiger partial charge in [-0.1, -0.05) is 34.1 Å². The van der Waals surface area contributed by atoms with Crippen LogP contribution in [-0.2, 0) is 0 Å². The Morgan fingerprint density at radius 3 is 2.48 bits per heavy atom. The van der Waals surface area contributed by atoms with Gasteiger partial charge in [-0.05, 0) is 62.6 Å². The molecule has 29 heavy (non-hydrogen) atoms. The summed E-state index contributed by atoms with van der Waals surface area (Å²) in [6, 6.07) is 15.4. The number of nitrogens with zero attached hydrogens (tertiary/aromatic N) is 2. The number of anilines is 1. The molecule has 1 unspecified atom stereocenters. The van der Waals surface area contributed by atoms with E-state index in [1.807, 2.05) is 4.90 Å². The van der Waals surface area contributed by atoms with Crippen molar-refractivity contribution in [2.45, 2.75) is 38.8 Å². The number of hydrogen-bond acceptors (Lipinski definition) is 2. The van der Waals surface area contributed by atoms with E-state index in [0.717, 1.165) is 36.9 Å². The molecule has 2 heterocycles. The molecule has 2 saturated heterocycles. The lowest BCUT2D eigenvalue weighted by molar-refractivity contribution is -0.123. The third-order valence-electron chi connectivity index (χ3n) is 6.38. The number of rotatable bonds is 3. The number of halogens is 2. The first-order valence-electron chi connectivity index (χ1n) is 10.2. The van der Waals surface area contributed by atoms with Gasteiger partial charge in [0.15, 0.2) is 0 Å². The standard InChI is InChI=1S/C23H27BrFN3O/c1-16(2)28-15-23(21(28)17-6-8-18(24)9-7-17)10-12-27(13-11-23)22(29)26-20-5-3-4-19(25)14-20/h3-9,14,16,21H,10-13,15H2,1-2H3,(H,26,29). The van der Waals surface area contributed by atoms with E-state index < -0.39 is 0 Å². The maximum atomic E-state index is 13.4. The van der Waals surface area contributed by atoms with Crippen LogP contribution in [0.4, 0.5) is 14.9 Å². The lowest BCUT2D eigenvalue weighted by atomic mass is 9.62. The van der Waals surface area contributed by atoms with Crippen LogP contribution >= 0.6 is 15.9 Å². The van der Waals surface area contributed by atoms with Gasteiger partial charge in [0, 0.05) is 47.3 Å². The third-order valence-corrected chi connectivity index (χ3v) is 6.91. The molecule has 2 aromatic rings. The fourth-order valence-electron chi connectivity index (χ4n) is 4.81. The van der Waals surface area contributed by atoms with Gasteiger partial charge in [-0.3, -0.25) is 4.90 Å². The zero-order valence-corrected chi connectivity index (χ0v) is 18.5. The summed E-state index contributed by atoms with van der Waals surface area (Å²) in [5.41, 5.74) is 2.07. The zero-order valence-electron chi connectivity index (χ0n) is 16.9. The Kier molecular flexibility index (Phi) is 5.67. The number of likely N-dealkylation sites (tertiary alicyclic amines) is 2. The normalized spacial score (nSPS) is 21.3. The minimum absolute atomic E-state index is 0.148. The highest BCUT2D eigenvalue weighted by molar-refractivity contribution is 9.10. The number of carbonyl (C=O) groups excluding carboxylic acids is 1. The number of urea groups is 1. The molecule has 154 valence electrons. The molecule has 2 aromatic carbocycles. The second kappa shape index (κ2) is 8.07. The zero-order chi connectivity index (χ0) is 20.6. The lowest BCUT2D eigenvalue weighted by Crippen LogP contribution is -2.64. The van der Waals surface area contributed by atoms with Crippen molar-refractivity contribution in [2.75, 3.05) is 25.0 Å². The highest BCUT2D eigenvalue weighted by atomic mass is 79.9. The maximum absolute atomic E-state index is 13.4. The molecule has 2 aliphatic rings. The van der Waals surface area contributed by atoms with Crippen molar-refractivity contribution in [1.82, 2.24) is 9.80 Å². The van der Waals surface area contributed by atoms with Crippen LogP contribution in [-0.4, -0.2) is 41.5 Å². The molecular formula is C23H27BrFN3O. The van der Waals surface area contributed by atoms with Gasteiger partial charge in [-0.2, -0.15) is 0 Å². The van der Waals surface area contributed by atoms with Crippen LogP contribution in [0.1, 0.15) is 38.3 Å². The summed E-state index contributed by atoms with van der Waals surface area (Å²) < 4.78 is 14.5. The van der Waals surface area contributed by atoms with E-state index in [0.29, 0.717) is 17.8 Å². The Labute approximate surface area is 180 Å². The van der Waals surface area contributed by atoms with Crippen molar-refractivity contribution < 1.29 is 9.18 Å². The van der Waals surface area contributed by atoms with Crippen molar-refractivity contribution in [2.24, 2.45) is 5.41 Å².